The summed E-state index contributed by atoms with van der Waals surface area (Å²) in [7, 11) is 0. The summed E-state index contributed by atoms with van der Waals surface area (Å²) < 4.78 is 10.7. The highest BCUT2D eigenvalue weighted by Gasteiger charge is 2.08. The van der Waals surface area contributed by atoms with Crippen LogP contribution in [0.2, 0.25) is 0 Å². The molecule has 17 heavy (non-hydrogen) atoms. The van der Waals surface area contributed by atoms with Crippen LogP contribution >= 0.6 is 0 Å². The predicted molar refractivity (Wildman–Crippen MR) is 65.7 cm³/mol. The number of nitrogens with zero attached hydrogens (tertiary/aromatic N) is 1. The second-order valence-electron chi connectivity index (χ2n) is 3.53. The van der Waals surface area contributed by atoms with Crippen molar-refractivity contribution in [2.24, 2.45) is 10.9 Å². The minimum absolute atomic E-state index is 0.0418. The standard InChI is InChI=1S/C12H18N2O3/c1-3-16-6-7-17-11-5-4-9(2)8-10(11)12(13)14-15/h4-5,8,15H,3,6-7H2,1-2H3,(H2,13,14). The Morgan fingerprint density at radius 3 is 2.82 bits per heavy atom. The highest BCUT2D eigenvalue weighted by Crippen LogP contribution is 2.19. The molecule has 0 aliphatic heterocycles. The molecule has 5 heteroatoms. The Bertz CT molecular complexity index is 391. The topological polar surface area (TPSA) is 77.1 Å². The second-order valence-corrected chi connectivity index (χ2v) is 3.53. The Morgan fingerprint density at radius 2 is 2.18 bits per heavy atom. The molecule has 0 heterocycles. The first kappa shape index (κ1) is 13.3. The smallest absolute Gasteiger partial charge is 0.173 e. The minimum Gasteiger partial charge on any atom is -0.490 e. The van der Waals surface area contributed by atoms with Crippen molar-refractivity contribution in [3.05, 3.63) is 29.3 Å². The number of oxime groups is 1. The van der Waals surface area contributed by atoms with Crippen LogP contribution in [0.1, 0.15) is 18.1 Å². The van der Waals surface area contributed by atoms with Crippen molar-refractivity contribution in [3.8, 4) is 5.75 Å². The maximum Gasteiger partial charge on any atom is 0.173 e. The molecular formula is C12H18N2O3. The number of rotatable bonds is 6. The fraction of sp³-hybridized carbons (Fsp3) is 0.417. The van der Waals surface area contributed by atoms with E-state index in [9.17, 15) is 0 Å². The minimum atomic E-state index is 0.0418. The van der Waals surface area contributed by atoms with Gasteiger partial charge < -0.3 is 20.4 Å². The Balaban J connectivity index is 2.76. The maximum atomic E-state index is 8.70. The SMILES string of the molecule is CCOCCOc1ccc(C)cc1/C(N)=N/O. The molecule has 0 bridgehead atoms. The van der Waals surface area contributed by atoms with Gasteiger partial charge in [-0.05, 0) is 26.0 Å². The van der Waals surface area contributed by atoms with Gasteiger partial charge in [0.1, 0.15) is 12.4 Å². The van der Waals surface area contributed by atoms with E-state index in [1.807, 2.05) is 26.0 Å². The van der Waals surface area contributed by atoms with Crippen LogP contribution in [0, 0.1) is 6.92 Å². The molecule has 0 saturated carbocycles. The average Bonchev–Trinajstić information content (AvgIpc) is 2.35. The molecule has 0 aliphatic rings. The zero-order valence-corrected chi connectivity index (χ0v) is 10.1. The zero-order chi connectivity index (χ0) is 12.7. The Labute approximate surface area is 101 Å². The van der Waals surface area contributed by atoms with E-state index in [1.165, 1.54) is 0 Å². The maximum absolute atomic E-state index is 8.70. The van der Waals surface area contributed by atoms with Gasteiger partial charge in [0.15, 0.2) is 5.84 Å². The van der Waals surface area contributed by atoms with Gasteiger partial charge in [-0.15, -0.1) is 0 Å². The fourth-order valence-corrected chi connectivity index (χ4v) is 1.38. The van der Waals surface area contributed by atoms with Crippen molar-refractivity contribution >= 4 is 5.84 Å². The number of ether oxygens (including phenoxy) is 2. The van der Waals surface area contributed by atoms with E-state index in [2.05, 4.69) is 5.16 Å². The Hall–Kier alpha value is -1.75. The number of aryl methyl sites for hydroxylation is 1. The van der Waals surface area contributed by atoms with E-state index < -0.39 is 0 Å². The van der Waals surface area contributed by atoms with E-state index in [-0.39, 0.29) is 5.84 Å². The molecule has 0 amide bonds. The molecular weight excluding hydrogens is 220 g/mol. The van der Waals surface area contributed by atoms with Crippen molar-refractivity contribution in [2.45, 2.75) is 13.8 Å². The molecule has 0 unspecified atom stereocenters. The monoisotopic (exact) mass is 238 g/mol. The quantitative estimate of drug-likeness (QED) is 0.259. The molecule has 0 aliphatic carbocycles. The lowest BCUT2D eigenvalue weighted by molar-refractivity contribution is 0.110. The van der Waals surface area contributed by atoms with Crippen molar-refractivity contribution in [1.82, 2.24) is 0 Å². The van der Waals surface area contributed by atoms with Crippen molar-refractivity contribution in [1.29, 1.82) is 0 Å². The van der Waals surface area contributed by atoms with Gasteiger partial charge in [-0.3, -0.25) is 0 Å². The van der Waals surface area contributed by atoms with Gasteiger partial charge in [0.25, 0.3) is 0 Å². The molecule has 0 spiro atoms. The van der Waals surface area contributed by atoms with Crippen LogP contribution in [0.25, 0.3) is 0 Å². The summed E-state index contributed by atoms with van der Waals surface area (Å²) >= 11 is 0. The molecule has 1 aromatic rings. The predicted octanol–water partition coefficient (Wildman–Crippen LogP) is 1.50. The number of hydrogen-bond donors (Lipinski definition) is 2. The lowest BCUT2D eigenvalue weighted by Gasteiger charge is -2.11. The van der Waals surface area contributed by atoms with Crippen LogP contribution in [-0.4, -0.2) is 30.9 Å². The summed E-state index contributed by atoms with van der Waals surface area (Å²) in [6.07, 6.45) is 0. The number of nitrogens with two attached hydrogens (primary N) is 1. The summed E-state index contributed by atoms with van der Waals surface area (Å²) in [5.41, 5.74) is 7.19. The first-order valence-corrected chi connectivity index (χ1v) is 5.48. The molecule has 94 valence electrons. The third-order valence-electron chi connectivity index (χ3n) is 2.21. The Kier molecular flexibility index (Phi) is 5.29. The lowest BCUT2D eigenvalue weighted by atomic mass is 10.1. The van der Waals surface area contributed by atoms with Gasteiger partial charge in [-0.2, -0.15) is 0 Å². The van der Waals surface area contributed by atoms with Crippen LogP contribution in [0.5, 0.6) is 5.75 Å². The van der Waals surface area contributed by atoms with Crippen molar-refractivity contribution < 1.29 is 14.7 Å². The summed E-state index contributed by atoms with van der Waals surface area (Å²) in [6.45, 7) is 5.46. The summed E-state index contributed by atoms with van der Waals surface area (Å²) in [4.78, 5) is 0. The van der Waals surface area contributed by atoms with Crippen molar-refractivity contribution in [3.63, 3.8) is 0 Å². The fourth-order valence-electron chi connectivity index (χ4n) is 1.38. The first-order chi connectivity index (χ1) is 8.19. The van der Waals surface area contributed by atoms with E-state index >= 15 is 0 Å². The van der Waals surface area contributed by atoms with Crippen LogP contribution in [0.3, 0.4) is 0 Å². The normalized spacial score (nSPS) is 11.5. The number of benzene rings is 1. The van der Waals surface area contributed by atoms with E-state index in [1.54, 1.807) is 6.07 Å². The molecule has 0 aromatic heterocycles. The highest BCUT2D eigenvalue weighted by molar-refractivity contribution is 5.99. The van der Waals surface area contributed by atoms with Crippen LogP contribution in [-0.2, 0) is 4.74 Å². The third-order valence-corrected chi connectivity index (χ3v) is 2.21. The van der Waals surface area contributed by atoms with Crippen LogP contribution < -0.4 is 10.5 Å². The van der Waals surface area contributed by atoms with Crippen LogP contribution in [0.4, 0.5) is 0 Å². The van der Waals surface area contributed by atoms with Gasteiger partial charge >= 0.3 is 0 Å². The van der Waals surface area contributed by atoms with Gasteiger partial charge in [-0.25, -0.2) is 0 Å². The van der Waals surface area contributed by atoms with Gasteiger partial charge in [-0.1, -0.05) is 16.8 Å². The van der Waals surface area contributed by atoms with E-state index in [0.717, 1.165) is 5.56 Å². The van der Waals surface area contributed by atoms with E-state index in [4.69, 9.17) is 20.4 Å². The molecule has 5 nitrogen and oxygen atoms in total. The van der Waals surface area contributed by atoms with Crippen molar-refractivity contribution in [2.75, 3.05) is 19.8 Å². The molecule has 3 N–H and O–H groups in total. The van der Waals surface area contributed by atoms with Gasteiger partial charge in [0, 0.05) is 6.61 Å². The molecule has 0 atom stereocenters. The van der Waals surface area contributed by atoms with Gasteiger partial charge in [0.05, 0.1) is 12.2 Å². The summed E-state index contributed by atoms with van der Waals surface area (Å²) in [6, 6.07) is 5.52. The zero-order valence-electron chi connectivity index (χ0n) is 10.1. The van der Waals surface area contributed by atoms with E-state index in [0.29, 0.717) is 31.1 Å². The third kappa shape index (κ3) is 3.96. The summed E-state index contributed by atoms with van der Waals surface area (Å²) in [5.74, 6) is 0.630. The summed E-state index contributed by atoms with van der Waals surface area (Å²) in [5, 5.41) is 11.7. The molecule has 0 radical (unpaired) electrons. The number of amidine groups is 1. The van der Waals surface area contributed by atoms with Crippen LogP contribution in [0.15, 0.2) is 23.4 Å². The molecule has 0 fully saturated rings. The largest absolute Gasteiger partial charge is 0.490 e. The lowest BCUT2D eigenvalue weighted by Crippen LogP contribution is -2.16. The number of hydrogen-bond acceptors (Lipinski definition) is 4. The highest BCUT2D eigenvalue weighted by atomic mass is 16.5. The molecule has 0 saturated heterocycles. The van der Waals surface area contributed by atoms with Gasteiger partial charge in [0.2, 0.25) is 0 Å². The molecule has 1 rings (SSSR count). The Morgan fingerprint density at radius 1 is 1.41 bits per heavy atom. The first-order valence-electron chi connectivity index (χ1n) is 5.48. The molecule has 1 aromatic carbocycles. The average molecular weight is 238 g/mol. The second kappa shape index (κ2) is 6.75.